The van der Waals surface area contributed by atoms with Gasteiger partial charge in [-0.15, -0.1) is 0 Å². The fourth-order valence-corrected chi connectivity index (χ4v) is 3.37. The molecule has 6 heteroatoms. The Hall–Kier alpha value is -3.28. The molecule has 0 atom stereocenters. The van der Waals surface area contributed by atoms with Crippen LogP contribution < -0.4 is 5.56 Å². The normalized spacial score (nSPS) is 14.3. The lowest BCUT2D eigenvalue weighted by atomic mass is 10.1. The minimum atomic E-state index is -0.208. The summed E-state index contributed by atoms with van der Waals surface area (Å²) >= 11 is 0. The van der Waals surface area contributed by atoms with E-state index in [1.54, 1.807) is 30.6 Å². The number of aromatic nitrogens is 3. The summed E-state index contributed by atoms with van der Waals surface area (Å²) in [6, 6.07) is 10.9. The number of hydrogen-bond donors (Lipinski definition) is 0. The van der Waals surface area contributed by atoms with Crippen molar-refractivity contribution in [2.45, 2.75) is 13.3 Å². The molecule has 2 aromatic heterocycles. The zero-order valence-electron chi connectivity index (χ0n) is 14.4. The molecule has 0 aliphatic carbocycles. The lowest BCUT2D eigenvalue weighted by Crippen LogP contribution is -2.35. The Morgan fingerprint density at radius 3 is 2.62 bits per heavy atom. The zero-order chi connectivity index (χ0) is 18.1. The van der Waals surface area contributed by atoms with Crippen LogP contribution in [0.2, 0.25) is 0 Å². The van der Waals surface area contributed by atoms with E-state index in [4.69, 9.17) is 0 Å². The average Bonchev–Trinajstić information content (AvgIpc) is 2.69. The summed E-state index contributed by atoms with van der Waals surface area (Å²) in [5, 5.41) is 0.606. The Bertz CT molecular complexity index is 1070. The summed E-state index contributed by atoms with van der Waals surface area (Å²) in [6.45, 7) is 2.98. The van der Waals surface area contributed by atoms with Gasteiger partial charge in [-0.25, -0.2) is 0 Å². The molecule has 1 aliphatic rings. The molecule has 1 aliphatic heterocycles. The first kappa shape index (κ1) is 16.2. The molecule has 1 aromatic carbocycles. The Balaban J connectivity index is 1.67. The number of hydrogen-bond acceptors (Lipinski definition) is 4. The van der Waals surface area contributed by atoms with Crippen LogP contribution in [-0.4, -0.2) is 38.4 Å². The number of para-hydroxylation sites is 1. The van der Waals surface area contributed by atoms with Gasteiger partial charge in [0.15, 0.2) is 0 Å². The van der Waals surface area contributed by atoms with E-state index in [0.717, 1.165) is 11.2 Å². The van der Waals surface area contributed by atoms with E-state index >= 15 is 0 Å². The molecule has 4 rings (SSSR count). The lowest BCUT2D eigenvalue weighted by Gasteiger charge is -2.28. The fraction of sp³-hybridized carbons (Fsp3) is 0.200. The maximum absolute atomic E-state index is 12.6. The summed E-state index contributed by atoms with van der Waals surface area (Å²) < 4.78 is 2.02. The number of pyridine rings is 1. The third-order valence-corrected chi connectivity index (χ3v) is 4.65. The van der Waals surface area contributed by atoms with Crippen molar-refractivity contribution < 1.29 is 4.79 Å². The van der Waals surface area contributed by atoms with Crippen LogP contribution in [0.25, 0.3) is 16.6 Å². The Labute approximate surface area is 150 Å². The number of rotatable bonds is 2. The highest BCUT2D eigenvalue weighted by atomic mass is 16.2. The minimum absolute atomic E-state index is 0.00214. The quantitative estimate of drug-likeness (QED) is 0.715. The van der Waals surface area contributed by atoms with Gasteiger partial charge in [0.2, 0.25) is 0 Å². The van der Waals surface area contributed by atoms with Crippen molar-refractivity contribution in [3.8, 4) is 0 Å². The molecule has 3 aromatic rings. The van der Waals surface area contributed by atoms with Crippen LogP contribution >= 0.6 is 0 Å². The lowest BCUT2D eigenvalue weighted by molar-refractivity contribution is 0.0772. The highest BCUT2D eigenvalue weighted by molar-refractivity contribution is 5.94. The van der Waals surface area contributed by atoms with Crippen LogP contribution in [-0.2, 0) is 0 Å². The number of fused-ring (bicyclic) bond motifs is 1. The Kier molecular flexibility index (Phi) is 4.08. The van der Waals surface area contributed by atoms with Crippen molar-refractivity contribution in [3.05, 3.63) is 76.6 Å². The van der Waals surface area contributed by atoms with Crippen molar-refractivity contribution in [2.24, 2.45) is 0 Å². The van der Waals surface area contributed by atoms with Crippen molar-refractivity contribution in [3.63, 3.8) is 0 Å². The van der Waals surface area contributed by atoms with Gasteiger partial charge < -0.3 is 9.47 Å². The Morgan fingerprint density at radius 1 is 1.12 bits per heavy atom. The molecule has 0 bridgehead atoms. The van der Waals surface area contributed by atoms with E-state index in [1.807, 2.05) is 40.7 Å². The Morgan fingerprint density at radius 2 is 1.88 bits per heavy atom. The van der Waals surface area contributed by atoms with Gasteiger partial charge in [-0.1, -0.05) is 12.1 Å². The van der Waals surface area contributed by atoms with Crippen LogP contribution in [0.4, 0.5) is 0 Å². The third-order valence-electron chi connectivity index (χ3n) is 4.65. The number of carbonyl (C=O) groups is 1. The largest absolute Gasteiger partial charge is 0.334 e. The van der Waals surface area contributed by atoms with Crippen LogP contribution in [0.3, 0.4) is 0 Å². The topological polar surface area (TPSA) is 68.1 Å². The van der Waals surface area contributed by atoms with Crippen LogP contribution in [0, 0.1) is 6.92 Å². The second-order valence-corrected chi connectivity index (χ2v) is 6.25. The highest BCUT2D eigenvalue weighted by Gasteiger charge is 2.20. The van der Waals surface area contributed by atoms with Gasteiger partial charge in [0.05, 0.1) is 10.9 Å². The highest BCUT2D eigenvalue weighted by Crippen LogP contribution is 2.23. The SMILES string of the molecule is Cc1nc(=O)c2ccccc2n1C1=CCN(C(=O)c2ccncc2)CC1. The van der Waals surface area contributed by atoms with Gasteiger partial charge in [0, 0.05) is 43.2 Å². The molecular weight excluding hydrogens is 328 g/mol. The standard InChI is InChI=1S/C20H18N4O2/c1-14-22-19(25)17-4-2-3-5-18(17)24(14)16-8-12-23(13-9-16)20(26)15-6-10-21-11-7-15/h2-8,10-11H,9,12-13H2,1H3. The summed E-state index contributed by atoms with van der Waals surface area (Å²) in [6.07, 6.45) is 5.99. The molecule has 1 amide bonds. The molecule has 0 saturated heterocycles. The van der Waals surface area contributed by atoms with Crippen LogP contribution in [0.1, 0.15) is 22.6 Å². The fourth-order valence-electron chi connectivity index (χ4n) is 3.37. The number of benzene rings is 1. The average molecular weight is 346 g/mol. The number of amides is 1. The van der Waals surface area contributed by atoms with Gasteiger partial charge in [0.1, 0.15) is 5.82 Å². The van der Waals surface area contributed by atoms with E-state index in [1.165, 1.54) is 0 Å². The van der Waals surface area contributed by atoms with Gasteiger partial charge in [0.25, 0.3) is 11.5 Å². The first-order valence-electron chi connectivity index (χ1n) is 8.52. The van der Waals surface area contributed by atoms with E-state index in [9.17, 15) is 9.59 Å². The van der Waals surface area contributed by atoms with Gasteiger partial charge >= 0.3 is 0 Å². The molecule has 0 N–H and O–H groups in total. The van der Waals surface area contributed by atoms with Crippen molar-refractivity contribution in [2.75, 3.05) is 13.1 Å². The van der Waals surface area contributed by atoms with Crippen LogP contribution in [0.5, 0.6) is 0 Å². The predicted octanol–water partition coefficient (Wildman–Crippen LogP) is 2.49. The summed E-state index contributed by atoms with van der Waals surface area (Å²) in [4.78, 5) is 34.6. The summed E-state index contributed by atoms with van der Waals surface area (Å²) in [7, 11) is 0. The predicted molar refractivity (Wildman–Crippen MR) is 99.8 cm³/mol. The molecule has 0 spiro atoms. The first-order chi connectivity index (χ1) is 12.6. The van der Waals surface area contributed by atoms with Crippen molar-refractivity contribution in [1.29, 1.82) is 0 Å². The van der Waals surface area contributed by atoms with E-state index in [0.29, 0.717) is 36.3 Å². The number of aryl methyl sites for hydroxylation is 1. The second-order valence-electron chi connectivity index (χ2n) is 6.25. The first-order valence-corrected chi connectivity index (χ1v) is 8.52. The molecule has 3 heterocycles. The molecular formula is C20H18N4O2. The second kappa shape index (κ2) is 6.55. The summed E-state index contributed by atoms with van der Waals surface area (Å²) in [5.74, 6) is 0.663. The third kappa shape index (κ3) is 2.79. The van der Waals surface area contributed by atoms with E-state index in [2.05, 4.69) is 9.97 Å². The molecule has 26 heavy (non-hydrogen) atoms. The molecule has 0 fully saturated rings. The van der Waals surface area contributed by atoms with Gasteiger partial charge in [-0.3, -0.25) is 14.6 Å². The van der Waals surface area contributed by atoms with E-state index in [-0.39, 0.29) is 11.5 Å². The number of carbonyl (C=O) groups excluding carboxylic acids is 1. The minimum Gasteiger partial charge on any atom is -0.334 e. The van der Waals surface area contributed by atoms with E-state index < -0.39 is 0 Å². The number of nitrogens with zero attached hydrogens (tertiary/aromatic N) is 4. The molecule has 0 radical (unpaired) electrons. The monoisotopic (exact) mass is 346 g/mol. The van der Waals surface area contributed by atoms with Crippen LogP contribution in [0.15, 0.2) is 59.7 Å². The molecule has 0 saturated carbocycles. The maximum Gasteiger partial charge on any atom is 0.280 e. The smallest absolute Gasteiger partial charge is 0.280 e. The zero-order valence-corrected chi connectivity index (χ0v) is 14.4. The molecule has 6 nitrogen and oxygen atoms in total. The van der Waals surface area contributed by atoms with Gasteiger partial charge in [-0.05, 0) is 37.3 Å². The van der Waals surface area contributed by atoms with Crippen molar-refractivity contribution in [1.82, 2.24) is 19.4 Å². The van der Waals surface area contributed by atoms with Gasteiger partial charge in [-0.2, -0.15) is 4.98 Å². The maximum atomic E-state index is 12.6. The molecule has 130 valence electrons. The molecule has 0 unspecified atom stereocenters. The van der Waals surface area contributed by atoms with Crippen molar-refractivity contribution >= 4 is 22.5 Å². The summed E-state index contributed by atoms with van der Waals surface area (Å²) in [5.41, 5.74) is 2.35.